The highest BCUT2D eigenvalue weighted by molar-refractivity contribution is 7.09. The zero-order chi connectivity index (χ0) is 10.5. The van der Waals surface area contributed by atoms with Gasteiger partial charge in [-0.15, -0.1) is 11.3 Å². The average Bonchev–Trinajstić information content (AvgIpc) is 2.80. The van der Waals surface area contributed by atoms with Gasteiger partial charge in [0.15, 0.2) is 0 Å². The summed E-state index contributed by atoms with van der Waals surface area (Å²) in [5.41, 5.74) is 0.790. The second-order valence-corrected chi connectivity index (χ2v) is 4.06. The lowest BCUT2D eigenvalue weighted by Crippen LogP contribution is -1.95. The van der Waals surface area contributed by atoms with Crippen LogP contribution in [0.3, 0.4) is 0 Å². The van der Waals surface area contributed by atoms with E-state index in [1.807, 2.05) is 17.5 Å². The van der Waals surface area contributed by atoms with Crippen LogP contribution in [-0.2, 0) is 13.2 Å². The van der Waals surface area contributed by atoms with Crippen molar-refractivity contribution in [2.45, 2.75) is 13.2 Å². The van der Waals surface area contributed by atoms with Crippen molar-refractivity contribution in [3.8, 4) is 5.88 Å². The summed E-state index contributed by atoms with van der Waals surface area (Å²) < 4.78 is 5.47. The molecule has 0 saturated heterocycles. The number of rotatable bonds is 4. The molecule has 0 fully saturated rings. The molecular weight excluding hydrogens is 210 g/mol. The van der Waals surface area contributed by atoms with Crippen LogP contribution in [0.2, 0.25) is 0 Å². The fourth-order valence-electron chi connectivity index (χ4n) is 1.13. The van der Waals surface area contributed by atoms with Crippen LogP contribution in [0.1, 0.15) is 10.4 Å². The maximum atomic E-state index is 8.83. The van der Waals surface area contributed by atoms with Crippen LogP contribution in [0.4, 0.5) is 0 Å². The van der Waals surface area contributed by atoms with Gasteiger partial charge < -0.3 is 9.84 Å². The third kappa shape index (κ3) is 2.78. The van der Waals surface area contributed by atoms with Gasteiger partial charge in [-0.2, -0.15) is 0 Å². The number of aliphatic hydroxyl groups is 1. The van der Waals surface area contributed by atoms with Crippen molar-refractivity contribution in [1.29, 1.82) is 0 Å². The zero-order valence-electron chi connectivity index (χ0n) is 8.09. The largest absolute Gasteiger partial charge is 0.472 e. The van der Waals surface area contributed by atoms with E-state index < -0.39 is 0 Å². The number of nitrogens with zero attached hydrogens (tertiary/aromatic N) is 1. The van der Waals surface area contributed by atoms with E-state index in [4.69, 9.17) is 9.84 Å². The van der Waals surface area contributed by atoms with E-state index >= 15 is 0 Å². The zero-order valence-corrected chi connectivity index (χ0v) is 8.91. The van der Waals surface area contributed by atoms with Gasteiger partial charge in [0.2, 0.25) is 5.88 Å². The lowest BCUT2D eigenvalue weighted by Gasteiger charge is -2.03. The Morgan fingerprint density at radius 2 is 2.27 bits per heavy atom. The molecule has 0 radical (unpaired) electrons. The maximum Gasteiger partial charge on any atom is 0.213 e. The molecule has 0 atom stereocenters. The third-order valence-corrected chi connectivity index (χ3v) is 2.77. The second-order valence-electron chi connectivity index (χ2n) is 3.03. The minimum absolute atomic E-state index is 0.0121. The first-order valence-electron chi connectivity index (χ1n) is 4.59. The van der Waals surface area contributed by atoms with Gasteiger partial charge in [-0.3, -0.25) is 0 Å². The molecule has 0 spiro atoms. The number of hydrogen-bond acceptors (Lipinski definition) is 4. The lowest BCUT2D eigenvalue weighted by atomic mass is 10.3. The lowest BCUT2D eigenvalue weighted by molar-refractivity contribution is 0.278. The summed E-state index contributed by atoms with van der Waals surface area (Å²) in [5, 5.41) is 10.8. The van der Waals surface area contributed by atoms with Gasteiger partial charge in [0.25, 0.3) is 0 Å². The summed E-state index contributed by atoms with van der Waals surface area (Å²) in [5.74, 6) is 0.584. The van der Waals surface area contributed by atoms with E-state index in [9.17, 15) is 0 Å². The fraction of sp³-hybridized carbons (Fsp3) is 0.182. The first-order valence-corrected chi connectivity index (χ1v) is 5.47. The highest BCUT2D eigenvalue weighted by Crippen LogP contribution is 2.13. The van der Waals surface area contributed by atoms with Gasteiger partial charge in [0.1, 0.15) is 6.61 Å². The summed E-state index contributed by atoms with van der Waals surface area (Å²) >= 11 is 1.66. The molecule has 4 heteroatoms. The number of ether oxygens (including phenoxy) is 1. The minimum Gasteiger partial charge on any atom is -0.472 e. The summed E-state index contributed by atoms with van der Waals surface area (Å²) in [7, 11) is 0. The van der Waals surface area contributed by atoms with E-state index in [1.165, 1.54) is 4.88 Å². The monoisotopic (exact) mass is 221 g/mol. The molecule has 0 bridgehead atoms. The quantitative estimate of drug-likeness (QED) is 0.860. The SMILES string of the molecule is OCc1ccc(OCc2cccs2)nc1. The molecule has 0 aliphatic carbocycles. The van der Waals surface area contributed by atoms with Crippen LogP contribution in [0.5, 0.6) is 5.88 Å². The molecule has 0 unspecified atom stereocenters. The van der Waals surface area contributed by atoms with Crippen LogP contribution in [-0.4, -0.2) is 10.1 Å². The molecule has 2 heterocycles. The average molecular weight is 221 g/mol. The highest BCUT2D eigenvalue weighted by atomic mass is 32.1. The number of aromatic nitrogens is 1. The third-order valence-electron chi connectivity index (χ3n) is 1.92. The van der Waals surface area contributed by atoms with E-state index in [0.29, 0.717) is 12.5 Å². The number of hydrogen-bond donors (Lipinski definition) is 1. The number of thiophene rings is 1. The van der Waals surface area contributed by atoms with Crippen LogP contribution in [0.15, 0.2) is 35.8 Å². The molecule has 0 amide bonds. The Labute approximate surface area is 92.0 Å². The summed E-state index contributed by atoms with van der Waals surface area (Å²) in [6.45, 7) is 0.557. The normalized spacial score (nSPS) is 10.2. The van der Waals surface area contributed by atoms with Gasteiger partial charge in [-0.25, -0.2) is 4.98 Å². The molecule has 1 N–H and O–H groups in total. The molecular formula is C11H11NO2S. The molecule has 15 heavy (non-hydrogen) atoms. The van der Waals surface area contributed by atoms with E-state index in [1.54, 1.807) is 29.7 Å². The van der Waals surface area contributed by atoms with Gasteiger partial charge in [0.05, 0.1) is 6.61 Å². The fourth-order valence-corrected chi connectivity index (χ4v) is 1.75. The number of pyridine rings is 1. The van der Waals surface area contributed by atoms with Crippen molar-refractivity contribution >= 4 is 11.3 Å². The van der Waals surface area contributed by atoms with Gasteiger partial charge >= 0.3 is 0 Å². The Bertz CT molecular complexity index is 397. The molecule has 2 rings (SSSR count). The molecule has 78 valence electrons. The molecule has 0 aliphatic heterocycles. The summed E-state index contributed by atoms with van der Waals surface area (Å²) in [4.78, 5) is 5.24. The molecule has 0 saturated carbocycles. The summed E-state index contributed by atoms with van der Waals surface area (Å²) in [6, 6.07) is 7.58. The Balaban J connectivity index is 1.93. The molecule has 0 aromatic carbocycles. The standard InChI is InChI=1S/C11H11NO2S/c13-7-9-3-4-11(12-6-9)14-8-10-2-1-5-15-10/h1-6,13H,7-8H2. The van der Waals surface area contributed by atoms with Crippen molar-refractivity contribution in [1.82, 2.24) is 4.98 Å². The van der Waals surface area contributed by atoms with Crippen LogP contribution < -0.4 is 4.74 Å². The van der Waals surface area contributed by atoms with Gasteiger partial charge in [-0.1, -0.05) is 6.07 Å². The number of aliphatic hydroxyl groups excluding tert-OH is 1. The molecule has 3 nitrogen and oxygen atoms in total. The first-order chi connectivity index (χ1) is 7.38. The van der Waals surface area contributed by atoms with Crippen molar-refractivity contribution in [3.05, 3.63) is 46.3 Å². The highest BCUT2D eigenvalue weighted by Gasteiger charge is 1.98. The van der Waals surface area contributed by atoms with Crippen molar-refractivity contribution in [2.24, 2.45) is 0 Å². The Morgan fingerprint density at radius 3 is 2.87 bits per heavy atom. The van der Waals surface area contributed by atoms with E-state index in [2.05, 4.69) is 4.98 Å². The van der Waals surface area contributed by atoms with Crippen LogP contribution in [0, 0.1) is 0 Å². The van der Waals surface area contributed by atoms with Gasteiger partial charge in [-0.05, 0) is 23.1 Å². The second kappa shape index (κ2) is 4.91. The van der Waals surface area contributed by atoms with Crippen LogP contribution >= 0.6 is 11.3 Å². The predicted molar refractivity (Wildman–Crippen MR) is 58.8 cm³/mol. The molecule has 2 aromatic heterocycles. The predicted octanol–water partition coefficient (Wildman–Crippen LogP) is 2.21. The topological polar surface area (TPSA) is 42.4 Å². The van der Waals surface area contributed by atoms with Crippen LogP contribution in [0.25, 0.3) is 0 Å². The maximum absolute atomic E-state index is 8.83. The Kier molecular flexibility index (Phi) is 3.32. The van der Waals surface area contributed by atoms with Crippen molar-refractivity contribution in [3.63, 3.8) is 0 Å². The minimum atomic E-state index is 0.0121. The smallest absolute Gasteiger partial charge is 0.213 e. The van der Waals surface area contributed by atoms with Gasteiger partial charge in [0, 0.05) is 17.1 Å². The Hall–Kier alpha value is -1.39. The molecule has 2 aromatic rings. The summed E-state index contributed by atoms with van der Waals surface area (Å²) in [6.07, 6.45) is 1.61. The first kappa shape index (κ1) is 10.1. The van der Waals surface area contributed by atoms with E-state index in [0.717, 1.165) is 5.56 Å². The molecule has 0 aliphatic rings. The van der Waals surface area contributed by atoms with E-state index in [-0.39, 0.29) is 6.61 Å². The van der Waals surface area contributed by atoms with Crippen molar-refractivity contribution < 1.29 is 9.84 Å². The van der Waals surface area contributed by atoms with Crippen molar-refractivity contribution in [2.75, 3.05) is 0 Å². The Morgan fingerprint density at radius 1 is 1.33 bits per heavy atom.